The molecule has 0 aliphatic carbocycles. The Morgan fingerprint density at radius 2 is 1.86 bits per heavy atom. The first-order valence-electron chi connectivity index (χ1n) is 9.10. The Balaban J connectivity index is 1.85. The Bertz CT molecular complexity index is 1090. The number of hydrogen-bond donors (Lipinski definition) is 1. The highest BCUT2D eigenvalue weighted by Crippen LogP contribution is 2.23. The molecule has 0 bridgehead atoms. The molecule has 0 saturated heterocycles. The van der Waals surface area contributed by atoms with Crippen LogP contribution in [0.25, 0.3) is 17.0 Å². The summed E-state index contributed by atoms with van der Waals surface area (Å²) in [6.45, 7) is 2.26. The largest absolute Gasteiger partial charge is 0.502 e. The summed E-state index contributed by atoms with van der Waals surface area (Å²) in [5.41, 5.74) is 2.72. The summed E-state index contributed by atoms with van der Waals surface area (Å²) >= 11 is 0. The fourth-order valence-corrected chi connectivity index (χ4v) is 2.94. The molecule has 0 saturated carbocycles. The second kappa shape index (κ2) is 9.01. The van der Waals surface area contributed by atoms with Gasteiger partial charge in [-0.15, -0.1) is 0 Å². The van der Waals surface area contributed by atoms with Crippen LogP contribution in [0, 0.1) is 5.82 Å². The van der Waals surface area contributed by atoms with E-state index in [1.54, 1.807) is 25.1 Å². The van der Waals surface area contributed by atoms with Crippen molar-refractivity contribution in [2.45, 2.75) is 13.5 Å². The lowest BCUT2D eigenvalue weighted by Gasteiger charge is -2.05. The molecule has 5 nitrogen and oxygen atoms in total. The van der Waals surface area contributed by atoms with Crippen molar-refractivity contribution in [2.24, 2.45) is 0 Å². The number of rotatable bonds is 7. The second-order valence-corrected chi connectivity index (χ2v) is 6.34. The molecule has 0 unspecified atom stereocenters. The van der Waals surface area contributed by atoms with Crippen LogP contribution in [-0.4, -0.2) is 28.0 Å². The summed E-state index contributed by atoms with van der Waals surface area (Å²) in [5.74, 6) is -2.50. The third-order valence-electron chi connectivity index (χ3n) is 4.28. The minimum atomic E-state index is -0.940. The number of fused-ring (bicyclic) bond motifs is 1. The van der Waals surface area contributed by atoms with E-state index < -0.39 is 17.5 Å². The van der Waals surface area contributed by atoms with Gasteiger partial charge in [0.2, 0.25) is 5.76 Å². The van der Waals surface area contributed by atoms with Crippen LogP contribution in [0.5, 0.6) is 0 Å². The minimum Gasteiger partial charge on any atom is -0.502 e. The quantitative estimate of drug-likeness (QED) is 0.367. The number of para-hydroxylation sites is 1. The van der Waals surface area contributed by atoms with E-state index in [4.69, 9.17) is 0 Å². The third-order valence-corrected chi connectivity index (χ3v) is 4.28. The predicted molar refractivity (Wildman–Crippen MR) is 109 cm³/mol. The smallest absolute Gasteiger partial charge is 0.373 e. The van der Waals surface area contributed by atoms with Gasteiger partial charge in [0.1, 0.15) is 5.82 Å². The first kappa shape index (κ1) is 20.1. The van der Waals surface area contributed by atoms with Crippen LogP contribution in [0.15, 0.2) is 72.6 Å². The first-order valence-corrected chi connectivity index (χ1v) is 9.10. The lowest BCUT2D eigenvalue weighted by atomic mass is 10.1. The number of halogens is 1. The first-order chi connectivity index (χ1) is 14.0. The maximum Gasteiger partial charge on any atom is 0.373 e. The number of allylic oxidation sites excluding steroid dienone is 2. The summed E-state index contributed by atoms with van der Waals surface area (Å²) in [4.78, 5) is 23.4. The van der Waals surface area contributed by atoms with Crippen molar-refractivity contribution in [3.05, 3.63) is 89.6 Å². The number of aromatic nitrogens is 1. The number of aliphatic hydroxyl groups excluding tert-OH is 1. The van der Waals surface area contributed by atoms with Gasteiger partial charge in [0, 0.05) is 35.3 Å². The Kier molecular flexibility index (Phi) is 6.24. The molecule has 0 radical (unpaired) electrons. The van der Waals surface area contributed by atoms with Crippen molar-refractivity contribution < 1.29 is 23.8 Å². The summed E-state index contributed by atoms with van der Waals surface area (Å²) in [6, 6.07) is 14.0. The fourth-order valence-electron chi connectivity index (χ4n) is 2.94. The standard InChI is InChI=1S/C23H20FNO4/c1-2-29-23(28)22(27)13-19(26)12-9-17-15-25(21-6-4-3-5-20(17)21)14-16-7-10-18(24)11-8-16/h3-13,15,27H,2,14H2,1H3/b12-9+,22-13-. The Morgan fingerprint density at radius 1 is 1.14 bits per heavy atom. The summed E-state index contributed by atoms with van der Waals surface area (Å²) in [7, 11) is 0. The van der Waals surface area contributed by atoms with Gasteiger partial charge < -0.3 is 14.4 Å². The molecule has 1 heterocycles. The maximum absolute atomic E-state index is 13.1. The van der Waals surface area contributed by atoms with Crippen LogP contribution in [0.2, 0.25) is 0 Å². The maximum atomic E-state index is 13.1. The molecular weight excluding hydrogens is 373 g/mol. The van der Waals surface area contributed by atoms with Gasteiger partial charge in [-0.1, -0.05) is 30.3 Å². The Labute approximate surface area is 167 Å². The zero-order valence-corrected chi connectivity index (χ0v) is 15.8. The van der Waals surface area contributed by atoms with E-state index in [0.717, 1.165) is 28.1 Å². The topological polar surface area (TPSA) is 68.5 Å². The highest BCUT2D eigenvalue weighted by molar-refractivity contribution is 6.06. The number of nitrogens with zero attached hydrogens (tertiary/aromatic N) is 1. The molecule has 0 aliphatic rings. The monoisotopic (exact) mass is 393 g/mol. The minimum absolute atomic E-state index is 0.105. The Morgan fingerprint density at radius 3 is 2.59 bits per heavy atom. The van der Waals surface area contributed by atoms with Crippen LogP contribution >= 0.6 is 0 Å². The second-order valence-electron chi connectivity index (χ2n) is 6.34. The molecule has 6 heteroatoms. The van der Waals surface area contributed by atoms with E-state index in [0.29, 0.717) is 6.54 Å². The van der Waals surface area contributed by atoms with Gasteiger partial charge in [-0.2, -0.15) is 0 Å². The van der Waals surface area contributed by atoms with E-state index in [1.807, 2.05) is 35.0 Å². The molecule has 1 N–H and O–H groups in total. The van der Waals surface area contributed by atoms with Gasteiger partial charge in [0.15, 0.2) is 5.78 Å². The SMILES string of the molecule is CCOC(=O)/C(O)=C/C(=O)/C=C/c1cn(Cc2ccc(F)cc2)c2ccccc12. The average Bonchev–Trinajstić information content (AvgIpc) is 3.06. The number of ether oxygens (including phenoxy) is 1. The van der Waals surface area contributed by atoms with Crippen LogP contribution in [0.4, 0.5) is 4.39 Å². The van der Waals surface area contributed by atoms with Gasteiger partial charge in [-0.05, 0) is 42.8 Å². The number of esters is 1. The molecule has 0 fully saturated rings. The highest BCUT2D eigenvalue weighted by Gasteiger charge is 2.10. The summed E-state index contributed by atoms with van der Waals surface area (Å²) < 4.78 is 19.8. The van der Waals surface area contributed by atoms with Crippen LogP contribution < -0.4 is 0 Å². The van der Waals surface area contributed by atoms with Crippen molar-refractivity contribution in [3.63, 3.8) is 0 Å². The fraction of sp³-hybridized carbons (Fsp3) is 0.130. The molecule has 0 amide bonds. The summed E-state index contributed by atoms with van der Waals surface area (Å²) in [6.07, 6.45) is 5.62. The molecule has 0 spiro atoms. The van der Waals surface area contributed by atoms with E-state index in [2.05, 4.69) is 4.74 Å². The van der Waals surface area contributed by atoms with E-state index in [1.165, 1.54) is 18.2 Å². The number of ketones is 1. The molecule has 3 rings (SSSR count). The van der Waals surface area contributed by atoms with E-state index in [9.17, 15) is 19.1 Å². The van der Waals surface area contributed by atoms with Gasteiger partial charge in [0.05, 0.1) is 6.61 Å². The van der Waals surface area contributed by atoms with Crippen molar-refractivity contribution in [2.75, 3.05) is 6.61 Å². The third kappa shape index (κ3) is 4.99. The molecule has 3 aromatic rings. The molecule has 0 aliphatic heterocycles. The molecule has 1 aromatic heterocycles. The lowest BCUT2D eigenvalue weighted by Crippen LogP contribution is -2.08. The Hall–Kier alpha value is -3.67. The zero-order valence-electron chi connectivity index (χ0n) is 15.8. The number of benzene rings is 2. The highest BCUT2D eigenvalue weighted by atomic mass is 19.1. The molecule has 29 heavy (non-hydrogen) atoms. The van der Waals surface area contributed by atoms with Gasteiger partial charge in [0.25, 0.3) is 0 Å². The zero-order chi connectivity index (χ0) is 20.8. The van der Waals surface area contributed by atoms with E-state index >= 15 is 0 Å². The van der Waals surface area contributed by atoms with Crippen LogP contribution in [0.3, 0.4) is 0 Å². The van der Waals surface area contributed by atoms with Crippen molar-refractivity contribution in [3.8, 4) is 0 Å². The van der Waals surface area contributed by atoms with Gasteiger partial charge >= 0.3 is 5.97 Å². The summed E-state index contributed by atoms with van der Waals surface area (Å²) in [5, 5.41) is 10.5. The molecule has 2 aromatic carbocycles. The molecular formula is C23H20FNO4. The number of carbonyl (C=O) groups excluding carboxylic acids is 2. The molecule has 0 atom stereocenters. The van der Waals surface area contributed by atoms with Crippen molar-refractivity contribution in [1.82, 2.24) is 4.57 Å². The van der Waals surface area contributed by atoms with Gasteiger partial charge in [-0.3, -0.25) is 4.79 Å². The number of carbonyl (C=O) groups is 2. The van der Waals surface area contributed by atoms with Crippen LogP contribution in [-0.2, 0) is 20.9 Å². The molecule has 148 valence electrons. The normalized spacial score (nSPS) is 11.9. The number of hydrogen-bond acceptors (Lipinski definition) is 4. The number of aliphatic hydroxyl groups is 1. The van der Waals surface area contributed by atoms with Crippen molar-refractivity contribution >= 4 is 28.7 Å². The van der Waals surface area contributed by atoms with E-state index in [-0.39, 0.29) is 12.4 Å². The average molecular weight is 393 g/mol. The predicted octanol–water partition coefficient (Wildman–Crippen LogP) is 4.42. The van der Waals surface area contributed by atoms with Gasteiger partial charge in [-0.25, -0.2) is 9.18 Å². The van der Waals surface area contributed by atoms with Crippen LogP contribution in [0.1, 0.15) is 18.1 Å². The van der Waals surface area contributed by atoms with Crippen molar-refractivity contribution in [1.29, 1.82) is 0 Å². The lowest BCUT2D eigenvalue weighted by molar-refractivity contribution is -0.141.